The second-order valence-electron chi connectivity index (χ2n) is 5.97. The Morgan fingerprint density at radius 1 is 1.00 bits per heavy atom. The van der Waals surface area contributed by atoms with Gasteiger partial charge in [0.25, 0.3) is 0 Å². The van der Waals surface area contributed by atoms with Gasteiger partial charge in [-0.15, -0.1) is 0 Å². The fraction of sp³-hybridized carbons (Fsp3) is 0.316. The van der Waals surface area contributed by atoms with E-state index in [0.717, 1.165) is 36.5 Å². The van der Waals surface area contributed by atoms with Crippen LogP contribution in [0.25, 0.3) is 0 Å². The number of hydrogen-bond acceptors (Lipinski definition) is 5. The summed E-state index contributed by atoms with van der Waals surface area (Å²) in [6, 6.07) is 14.5. The molecule has 0 spiro atoms. The van der Waals surface area contributed by atoms with Crippen molar-refractivity contribution >= 4 is 17.2 Å². The maximum absolute atomic E-state index is 9.81. The molecule has 2 N–H and O–H groups in total. The predicted octanol–water partition coefficient (Wildman–Crippen LogP) is 3.93. The third-order valence-corrected chi connectivity index (χ3v) is 4.14. The van der Waals surface area contributed by atoms with Gasteiger partial charge in [-0.2, -0.15) is 0 Å². The molecular weight excluding hydrogens is 302 g/mol. The molecular formula is C19H23N3O2. The molecule has 0 aliphatic carbocycles. The number of amidine groups is 1. The first-order valence-electron chi connectivity index (χ1n) is 8.31. The maximum Gasteiger partial charge on any atom is 0.117 e. The zero-order valence-corrected chi connectivity index (χ0v) is 13.9. The Hall–Kier alpha value is -2.69. The summed E-state index contributed by atoms with van der Waals surface area (Å²) in [5.74, 6) is 1.54. The number of phenolic OH excluding ortho intramolecular Hbond substituents is 2. The molecule has 5 nitrogen and oxygen atoms in total. The van der Waals surface area contributed by atoms with Crippen LogP contribution < -0.4 is 9.80 Å². The molecule has 3 rings (SSSR count). The van der Waals surface area contributed by atoms with E-state index in [-0.39, 0.29) is 11.5 Å². The Morgan fingerprint density at radius 3 is 2.33 bits per heavy atom. The summed E-state index contributed by atoms with van der Waals surface area (Å²) >= 11 is 0. The summed E-state index contributed by atoms with van der Waals surface area (Å²) < 4.78 is 0. The van der Waals surface area contributed by atoms with E-state index >= 15 is 0 Å². The minimum atomic E-state index is 0.247. The van der Waals surface area contributed by atoms with E-state index in [0.29, 0.717) is 13.3 Å². The lowest BCUT2D eigenvalue weighted by Gasteiger charge is -2.37. The van der Waals surface area contributed by atoms with Crippen molar-refractivity contribution in [3.8, 4) is 11.5 Å². The second-order valence-corrected chi connectivity index (χ2v) is 5.97. The average Bonchev–Trinajstić information content (AvgIpc) is 2.60. The minimum absolute atomic E-state index is 0.247. The number of aliphatic imine (C=N–C) groups is 1. The second kappa shape index (κ2) is 7.25. The molecule has 0 bridgehead atoms. The normalized spacial score (nSPS) is 14.6. The van der Waals surface area contributed by atoms with Gasteiger partial charge in [0.05, 0.1) is 6.67 Å². The summed E-state index contributed by atoms with van der Waals surface area (Å²) in [6.45, 7) is 3.37. The van der Waals surface area contributed by atoms with Gasteiger partial charge in [0.1, 0.15) is 24.0 Å². The van der Waals surface area contributed by atoms with Crippen LogP contribution in [0.5, 0.6) is 11.5 Å². The SMILES string of the molecule is CCCCC1=NCN(c2cccc(O)c2)CN1c1cccc(O)c1. The highest BCUT2D eigenvalue weighted by atomic mass is 16.3. The Kier molecular flexibility index (Phi) is 4.89. The highest BCUT2D eigenvalue weighted by Crippen LogP contribution is 2.27. The fourth-order valence-electron chi connectivity index (χ4n) is 2.84. The lowest BCUT2D eigenvalue weighted by molar-refractivity contribution is 0.475. The van der Waals surface area contributed by atoms with E-state index in [9.17, 15) is 10.2 Å². The molecule has 2 aromatic rings. The van der Waals surface area contributed by atoms with E-state index in [4.69, 9.17) is 4.99 Å². The molecule has 126 valence electrons. The summed E-state index contributed by atoms with van der Waals surface area (Å²) in [6.07, 6.45) is 3.11. The topological polar surface area (TPSA) is 59.3 Å². The molecule has 0 saturated carbocycles. The molecule has 0 radical (unpaired) electrons. The van der Waals surface area contributed by atoms with Crippen molar-refractivity contribution in [2.75, 3.05) is 23.1 Å². The first-order chi connectivity index (χ1) is 11.7. The van der Waals surface area contributed by atoms with Crippen molar-refractivity contribution in [2.24, 2.45) is 4.99 Å². The smallest absolute Gasteiger partial charge is 0.117 e. The van der Waals surface area contributed by atoms with E-state index in [1.807, 2.05) is 24.3 Å². The number of aromatic hydroxyl groups is 2. The van der Waals surface area contributed by atoms with Crippen molar-refractivity contribution in [2.45, 2.75) is 26.2 Å². The summed E-state index contributed by atoms with van der Waals surface area (Å²) in [7, 11) is 0. The monoisotopic (exact) mass is 325 g/mol. The van der Waals surface area contributed by atoms with Crippen LogP contribution in [0.3, 0.4) is 0 Å². The van der Waals surface area contributed by atoms with Crippen LogP contribution in [0.4, 0.5) is 11.4 Å². The van der Waals surface area contributed by atoms with Crippen LogP contribution in [0, 0.1) is 0 Å². The minimum Gasteiger partial charge on any atom is -0.508 e. The van der Waals surface area contributed by atoms with E-state index in [1.54, 1.807) is 24.3 Å². The van der Waals surface area contributed by atoms with Gasteiger partial charge in [0, 0.05) is 29.9 Å². The van der Waals surface area contributed by atoms with Gasteiger partial charge in [-0.25, -0.2) is 0 Å². The van der Waals surface area contributed by atoms with Crippen LogP contribution in [0.2, 0.25) is 0 Å². The number of anilines is 2. The summed E-state index contributed by atoms with van der Waals surface area (Å²) in [4.78, 5) is 8.97. The molecule has 0 amide bonds. The Balaban J connectivity index is 1.89. The number of rotatable bonds is 5. The summed E-state index contributed by atoms with van der Waals surface area (Å²) in [5, 5.41) is 19.5. The van der Waals surface area contributed by atoms with Crippen LogP contribution in [0.15, 0.2) is 53.5 Å². The highest BCUT2D eigenvalue weighted by molar-refractivity contribution is 5.99. The molecule has 1 aliphatic rings. The quantitative estimate of drug-likeness (QED) is 0.874. The van der Waals surface area contributed by atoms with Gasteiger partial charge in [-0.3, -0.25) is 4.99 Å². The standard InChI is InChI=1S/C19H23N3O2/c1-2-3-10-19-20-13-21(15-6-4-8-17(23)11-15)14-22(19)16-7-5-9-18(24)12-16/h4-9,11-12,23-24H,2-3,10,13-14H2,1H3. The molecule has 1 heterocycles. The number of hydrogen-bond donors (Lipinski definition) is 2. The van der Waals surface area contributed by atoms with Crippen LogP contribution in [-0.4, -0.2) is 29.4 Å². The molecule has 2 aromatic carbocycles. The molecule has 0 aromatic heterocycles. The van der Waals surface area contributed by atoms with Crippen molar-refractivity contribution in [1.82, 2.24) is 0 Å². The molecule has 5 heteroatoms. The highest BCUT2D eigenvalue weighted by Gasteiger charge is 2.22. The van der Waals surface area contributed by atoms with Crippen molar-refractivity contribution in [1.29, 1.82) is 0 Å². The third kappa shape index (κ3) is 3.62. The zero-order chi connectivity index (χ0) is 16.9. The van der Waals surface area contributed by atoms with Gasteiger partial charge in [-0.05, 0) is 30.7 Å². The fourth-order valence-corrected chi connectivity index (χ4v) is 2.84. The maximum atomic E-state index is 9.81. The van der Waals surface area contributed by atoms with Crippen LogP contribution in [-0.2, 0) is 0 Å². The van der Waals surface area contributed by atoms with E-state index < -0.39 is 0 Å². The summed E-state index contributed by atoms with van der Waals surface area (Å²) in [5.41, 5.74) is 1.85. The number of benzene rings is 2. The lowest BCUT2D eigenvalue weighted by atomic mass is 10.2. The van der Waals surface area contributed by atoms with Crippen molar-refractivity contribution in [3.63, 3.8) is 0 Å². The Labute approximate surface area is 142 Å². The Bertz CT molecular complexity index is 730. The van der Waals surface area contributed by atoms with Crippen LogP contribution in [0.1, 0.15) is 26.2 Å². The third-order valence-electron chi connectivity index (χ3n) is 4.14. The van der Waals surface area contributed by atoms with Gasteiger partial charge in [0.15, 0.2) is 0 Å². The van der Waals surface area contributed by atoms with Crippen LogP contribution >= 0.6 is 0 Å². The number of nitrogens with zero attached hydrogens (tertiary/aromatic N) is 3. The largest absolute Gasteiger partial charge is 0.508 e. The molecule has 24 heavy (non-hydrogen) atoms. The van der Waals surface area contributed by atoms with Gasteiger partial charge >= 0.3 is 0 Å². The predicted molar refractivity (Wildman–Crippen MR) is 97.9 cm³/mol. The van der Waals surface area contributed by atoms with E-state index in [2.05, 4.69) is 16.7 Å². The molecule has 0 atom stereocenters. The first-order valence-corrected chi connectivity index (χ1v) is 8.31. The lowest BCUT2D eigenvalue weighted by Crippen LogP contribution is -2.46. The van der Waals surface area contributed by atoms with Gasteiger partial charge in [-0.1, -0.05) is 25.5 Å². The van der Waals surface area contributed by atoms with E-state index in [1.165, 1.54) is 0 Å². The van der Waals surface area contributed by atoms with Crippen molar-refractivity contribution in [3.05, 3.63) is 48.5 Å². The molecule has 0 unspecified atom stereocenters. The number of unbranched alkanes of at least 4 members (excludes halogenated alkanes) is 1. The zero-order valence-electron chi connectivity index (χ0n) is 13.9. The van der Waals surface area contributed by atoms with Gasteiger partial charge < -0.3 is 20.0 Å². The first kappa shape index (κ1) is 16.2. The average molecular weight is 325 g/mol. The number of phenols is 2. The molecule has 0 saturated heterocycles. The molecule has 0 fully saturated rings. The van der Waals surface area contributed by atoms with Crippen molar-refractivity contribution < 1.29 is 10.2 Å². The molecule has 1 aliphatic heterocycles. The Morgan fingerprint density at radius 2 is 1.67 bits per heavy atom. The van der Waals surface area contributed by atoms with Gasteiger partial charge in [0.2, 0.25) is 0 Å².